The van der Waals surface area contributed by atoms with E-state index < -0.39 is 0 Å². The highest BCUT2D eigenvalue weighted by atomic mass is 35.5. The van der Waals surface area contributed by atoms with Gasteiger partial charge in [-0.1, -0.05) is 36.4 Å². The van der Waals surface area contributed by atoms with Crippen molar-refractivity contribution in [2.75, 3.05) is 59.4 Å². The number of benzene rings is 1. The molecule has 0 bridgehead atoms. The van der Waals surface area contributed by atoms with Crippen LogP contribution in [0.2, 0.25) is 10.0 Å². The van der Waals surface area contributed by atoms with E-state index in [0.29, 0.717) is 50.3 Å². The van der Waals surface area contributed by atoms with Crippen LogP contribution in [-0.4, -0.2) is 108 Å². The number of halogens is 2. The Bertz CT molecular complexity index is 1740. The molecular formula is C32H37Cl2N7O6. The summed E-state index contributed by atoms with van der Waals surface area (Å²) in [5, 5.41) is 6.95. The lowest BCUT2D eigenvalue weighted by Gasteiger charge is -2.39. The van der Waals surface area contributed by atoms with Gasteiger partial charge in [-0.3, -0.25) is 23.9 Å². The van der Waals surface area contributed by atoms with Crippen LogP contribution in [0.1, 0.15) is 6.42 Å². The van der Waals surface area contributed by atoms with Gasteiger partial charge < -0.3 is 29.7 Å². The van der Waals surface area contributed by atoms with Crippen molar-refractivity contribution < 1.29 is 23.8 Å². The number of likely N-dealkylation sites (N-methyl/N-ethyl adjacent to an activating group) is 1. The van der Waals surface area contributed by atoms with E-state index in [2.05, 4.69) is 33.7 Å². The molecule has 1 aromatic carbocycles. The fourth-order valence-corrected chi connectivity index (χ4v) is 6.55. The first-order valence-electron chi connectivity index (χ1n) is 15.0. The number of carbonyl (C=O) groups excluding carboxylic acids is 2. The molecule has 0 aliphatic carbocycles. The molecule has 4 heterocycles. The fraction of sp³-hybridized carbons (Fsp3) is 0.406. The highest BCUT2D eigenvalue weighted by Gasteiger charge is 2.31. The topological polar surface area (TPSA) is 140 Å². The maximum absolute atomic E-state index is 14.4. The van der Waals surface area contributed by atoms with E-state index in [1.807, 2.05) is 7.05 Å². The van der Waals surface area contributed by atoms with Crippen LogP contribution in [0.5, 0.6) is 11.5 Å². The van der Waals surface area contributed by atoms with Crippen molar-refractivity contribution in [3.8, 4) is 22.6 Å². The number of hydrogen-bond donors (Lipinski definition) is 2. The number of carbonyl (C=O) groups is 2. The lowest BCUT2D eigenvalue weighted by molar-refractivity contribution is -0.128. The SMILES string of the molecule is C=CC(=O)N[C@H]1COC[C@H]1Nc1ncc2cc(-c3c(Cl)c(OC)cc(OC)c3Cl)c(=O)n(CCC3CN(C(=O)C=C)CCN3C)c2n1. The zero-order chi connectivity index (χ0) is 33.8. The van der Waals surface area contributed by atoms with Crippen molar-refractivity contribution in [1.82, 2.24) is 29.7 Å². The minimum atomic E-state index is -0.390. The Hall–Kier alpha value is -4.17. The third-order valence-electron chi connectivity index (χ3n) is 8.53. The Labute approximate surface area is 282 Å². The van der Waals surface area contributed by atoms with Gasteiger partial charge in [0.25, 0.3) is 5.56 Å². The number of methoxy groups -OCH3 is 2. The van der Waals surface area contributed by atoms with E-state index in [9.17, 15) is 14.4 Å². The number of aromatic nitrogens is 3. The minimum absolute atomic E-state index is 0.0355. The third kappa shape index (κ3) is 7.08. The lowest BCUT2D eigenvalue weighted by Crippen LogP contribution is -2.53. The largest absolute Gasteiger partial charge is 0.495 e. The van der Waals surface area contributed by atoms with Gasteiger partial charge in [0.15, 0.2) is 0 Å². The molecule has 2 aromatic heterocycles. The molecule has 13 nitrogen and oxygen atoms in total. The van der Waals surface area contributed by atoms with Crippen molar-refractivity contribution in [3.05, 3.63) is 64.0 Å². The Morgan fingerprint density at radius 2 is 1.79 bits per heavy atom. The number of amides is 2. The van der Waals surface area contributed by atoms with Gasteiger partial charge in [-0.05, 0) is 31.7 Å². The molecule has 0 radical (unpaired) electrons. The molecule has 15 heteroatoms. The zero-order valence-electron chi connectivity index (χ0n) is 26.4. The summed E-state index contributed by atoms with van der Waals surface area (Å²) in [5.74, 6) is 0.379. The van der Waals surface area contributed by atoms with Gasteiger partial charge in [0, 0.05) is 55.4 Å². The van der Waals surface area contributed by atoms with Crippen molar-refractivity contribution in [2.45, 2.75) is 31.1 Å². The molecular weight excluding hydrogens is 649 g/mol. The van der Waals surface area contributed by atoms with Crippen molar-refractivity contribution in [3.63, 3.8) is 0 Å². The average Bonchev–Trinajstić information content (AvgIpc) is 3.50. The number of ether oxygens (including phenoxy) is 3. The van der Waals surface area contributed by atoms with Crippen LogP contribution in [0.4, 0.5) is 5.95 Å². The van der Waals surface area contributed by atoms with Crippen LogP contribution in [0.25, 0.3) is 22.2 Å². The molecule has 2 amide bonds. The highest BCUT2D eigenvalue weighted by molar-refractivity contribution is 6.41. The van der Waals surface area contributed by atoms with E-state index in [1.54, 1.807) is 27.8 Å². The molecule has 2 N–H and O–H groups in total. The fourth-order valence-electron chi connectivity index (χ4n) is 5.85. The second kappa shape index (κ2) is 14.7. The third-order valence-corrected chi connectivity index (χ3v) is 9.28. The van der Waals surface area contributed by atoms with Crippen LogP contribution in [0.3, 0.4) is 0 Å². The van der Waals surface area contributed by atoms with Gasteiger partial charge in [-0.25, -0.2) is 4.98 Å². The number of rotatable bonds is 11. The zero-order valence-corrected chi connectivity index (χ0v) is 27.9. The quantitative estimate of drug-likeness (QED) is 0.290. The molecule has 2 aliphatic rings. The molecule has 3 atom stereocenters. The van der Waals surface area contributed by atoms with Gasteiger partial charge in [-0.2, -0.15) is 4.98 Å². The van der Waals surface area contributed by atoms with E-state index in [-0.39, 0.29) is 80.7 Å². The summed E-state index contributed by atoms with van der Waals surface area (Å²) in [6.45, 7) is 9.77. The van der Waals surface area contributed by atoms with Crippen LogP contribution in [0, 0.1) is 0 Å². The van der Waals surface area contributed by atoms with E-state index in [4.69, 9.17) is 42.4 Å². The molecule has 2 saturated heterocycles. The van der Waals surface area contributed by atoms with Gasteiger partial charge >= 0.3 is 0 Å². The maximum atomic E-state index is 14.4. The number of anilines is 1. The first kappa shape index (κ1) is 34.2. The Kier molecular flexibility index (Phi) is 10.7. The molecule has 2 fully saturated rings. The van der Waals surface area contributed by atoms with E-state index >= 15 is 0 Å². The molecule has 1 unspecified atom stereocenters. The smallest absolute Gasteiger partial charge is 0.260 e. The maximum Gasteiger partial charge on any atom is 0.260 e. The predicted octanol–water partition coefficient (Wildman–Crippen LogP) is 2.98. The van der Waals surface area contributed by atoms with Crippen LogP contribution < -0.4 is 25.7 Å². The highest BCUT2D eigenvalue weighted by Crippen LogP contribution is 2.45. The number of fused-ring (bicyclic) bond motifs is 1. The summed E-state index contributed by atoms with van der Waals surface area (Å²) < 4.78 is 18.1. The van der Waals surface area contributed by atoms with E-state index in [1.165, 1.54) is 26.4 Å². The molecule has 47 heavy (non-hydrogen) atoms. The van der Waals surface area contributed by atoms with Crippen molar-refractivity contribution in [2.24, 2.45) is 0 Å². The standard InChI is InChI=1S/C32H37Cl2N7O6/c1-6-25(42)36-21-16-47-17-22(21)37-32-35-14-18-12-20(27-28(33)23(45-4)13-24(46-5)29(27)34)31(44)41(30(18)38-32)9-8-19-15-40(26(43)7-2)11-10-39(19)3/h6-7,12-14,19,21-22H,1-2,8-11,15-17H2,3-5H3,(H,36,42)(H,35,37,38)/t19?,21-,22+/m0/s1. The monoisotopic (exact) mass is 685 g/mol. The summed E-state index contributed by atoms with van der Waals surface area (Å²) in [4.78, 5) is 52.0. The molecule has 2 aliphatic heterocycles. The number of nitrogens with one attached hydrogen (secondary N) is 2. The van der Waals surface area contributed by atoms with Crippen molar-refractivity contribution >= 4 is 52.0 Å². The second-order valence-corrected chi connectivity index (χ2v) is 12.0. The van der Waals surface area contributed by atoms with E-state index in [0.717, 1.165) is 0 Å². The number of piperazine rings is 1. The Balaban J connectivity index is 1.59. The first-order chi connectivity index (χ1) is 22.6. The molecule has 250 valence electrons. The molecule has 5 rings (SSSR count). The summed E-state index contributed by atoms with van der Waals surface area (Å²) in [5.41, 5.74) is 0.459. The van der Waals surface area contributed by atoms with Crippen LogP contribution in [0.15, 0.2) is 48.4 Å². The summed E-state index contributed by atoms with van der Waals surface area (Å²) in [7, 11) is 4.92. The summed E-state index contributed by atoms with van der Waals surface area (Å²) in [6, 6.07) is 2.52. The van der Waals surface area contributed by atoms with Gasteiger partial charge in [0.1, 0.15) is 17.1 Å². The molecule has 0 saturated carbocycles. The van der Waals surface area contributed by atoms with Crippen molar-refractivity contribution in [1.29, 1.82) is 0 Å². The summed E-state index contributed by atoms with van der Waals surface area (Å²) >= 11 is 13.5. The lowest BCUT2D eigenvalue weighted by atomic mass is 10.0. The minimum Gasteiger partial charge on any atom is -0.495 e. The second-order valence-electron chi connectivity index (χ2n) is 11.3. The Morgan fingerprint density at radius 3 is 2.45 bits per heavy atom. The number of nitrogens with zero attached hydrogens (tertiary/aromatic N) is 5. The molecule has 0 spiro atoms. The normalized spacial score (nSPS) is 19.8. The van der Waals surface area contributed by atoms with Gasteiger partial charge in [-0.15, -0.1) is 0 Å². The number of aryl methyl sites for hydroxylation is 1. The predicted molar refractivity (Wildman–Crippen MR) is 181 cm³/mol. The summed E-state index contributed by atoms with van der Waals surface area (Å²) in [6.07, 6.45) is 4.64. The van der Waals surface area contributed by atoms with Crippen LogP contribution >= 0.6 is 23.2 Å². The van der Waals surface area contributed by atoms with Gasteiger partial charge in [0.05, 0.1) is 55.1 Å². The Morgan fingerprint density at radius 1 is 1.09 bits per heavy atom. The first-order valence-corrected chi connectivity index (χ1v) is 15.7. The average molecular weight is 687 g/mol. The van der Waals surface area contributed by atoms with Crippen LogP contribution in [-0.2, 0) is 20.9 Å². The number of pyridine rings is 1. The van der Waals surface area contributed by atoms with Gasteiger partial charge in [0.2, 0.25) is 17.8 Å². The molecule has 3 aromatic rings. The number of hydrogen-bond acceptors (Lipinski definition) is 10.